The Kier molecular flexibility index (Phi) is 8.24. The lowest BCUT2D eigenvalue weighted by Gasteiger charge is -2.45. The van der Waals surface area contributed by atoms with Crippen LogP contribution in [0.25, 0.3) is 0 Å². The predicted octanol–water partition coefficient (Wildman–Crippen LogP) is 5.29. The molecule has 8 nitrogen and oxygen atoms in total. The molecule has 0 bridgehead atoms. The fourth-order valence-electron chi connectivity index (χ4n) is 7.05. The first-order valence-corrected chi connectivity index (χ1v) is 15.5. The molecule has 230 valence electrons. The Hall–Kier alpha value is -3.39. The molecule has 3 aliphatic rings. The summed E-state index contributed by atoms with van der Waals surface area (Å²) in [5.41, 5.74) is -1.41. The quantitative estimate of drug-likeness (QED) is 0.313. The fourth-order valence-corrected chi connectivity index (χ4v) is 7.17. The molecule has 2 fully saturated rings. The summed E-state index contributed by atoms with van der Waals surface area (Å²) < 4.78 is 23.5. The van der Waals surface area contributed by atoms with E-state index in [1.54, 1.807) is 42.5 Å². The minimum absolute atomic E-state index is 0.0288. The Bertz CT molecular complexity index is 1580. The Morgan fingerprint density at radius 2 is 1.82 bits per heavy atom. The molecule has 1 aromatic heterocycles. The molecule has 0 spiro atoms. The molecule has 2 saturated carbocycles. The fraction of sp³-hybridized carbons (Fsp3) is 0.441. The van der Waals surface area contributed by atoms with E-state index in [0.717, 1.165) is 0 Å². The normalized spacial score (nSPS) is 27.8. The maximum atomic E-state index is 16.8. The van der Waals surface area contributed by atoms with Gasteiger partial charge < -0.3 is 20.1 Å². The van der Waals surface area contributed by atoms with Gasteiger partial charge in [0.15, 0.2) is 0 Å². The van der Waals surface area contributed by atoms with Crippen molar-refractivity contribution in [1.29, 1.82) is 5.26 Å². The number of hydrogen-bond donors (Lipinski definition) is 3. The van der Waals surface area contributed by atoms with E-state index in [1.807, 2.05) is 13.0 Å². The second-order valence-corrected chi connectivity index (χ2v) is 12.7. The van der Waals surface area contributed by atoms with Gasteiger partial charge in [-0.3, -0.25) is 14.7 Å². The molecule has 2 heterocycles. The predicted molar refractivity (Wildman–Crippen MR) is 160 cm³/mol. The number of amides is 1. The monoisotopic (exact) mass is 619 g/mol. The zero-order chi connectivity index (χ0) is 31.2. The van der Waals surface area contributed by atoms with Crippen LogP contribution in [0.15, 0.2) is 54.7 Å². The van der Waals surface area contributed by atoms with Gasteiger partial charge in [0.25, 0.3) is 5.91 Å². The van der Waals surface area contributed by atoms with Crippen LogP contribution in [-0.2, 0) is 22.6 Å². The first-order valence-electron chi connectivity index (χ1n) is 15.1. The van der Waals surface area contributed by atoms with Crippen molar-refractivity contribution in [2.45, 2.75) is 88.1 Å². The maximum Gasteiger partial charge on any atom is 0.257 e. The third-order valence-corrected chi connectivity index (χ3v) is 9.86. The van der Waals surface area contributed by atoms with Gasteiger partial charge >= 0.3 is 0 Å². The Labute approximate surface area is 260 Å². The van der Waals surface area contributed by atoms with Crippen molar-refractivity contribution in [3.63, 3.8) is 0 Å². The van der Waals surface area contributed by atoms with Gasteiger partial charge in [-0.15, -0.1) is 0 Å². The largest absolute Gasteiger partial charge is 0.393 e. The molecule has 1 unspecified atom stereocenters. The van der Waals surface area contributed by atoms with Crippen LogP contribution in [0.5, 0.6) is 0 Å². The number of aromatic nitrogens is 1. The van der Waals surface area contributed by atoms with Crippen LogP contribution in [0, 0.1) is 23.1 Å². The number of pyridine rings is 1. The van der Waals surface area contributed by atoms with Crippen LogP contribution in [0.1, 0.15) is 90.2 Å². The average Bonchev–Trinajstić information content (AvgIpc) is 3.24. The van der Waals surface area contributed by atoms with Crippen molar-refractivity contribution in [1.82, 2.24) is 9.88 Å². The summed E-state index contributed by atoms with van der Waals surface area (Å²) in [5.74, 6) is -1.41. The highest BCUT2D eigenvalue weighted by Crippen LogP contribution is 2.51. The highest BCUT2D eigenvalue weighted by Gasteiger charge is 2.57. The molecule has 2 aromatic carbocycles. The van der Waals surface area contributed by atoms with E-state index in [-0.39, 0.29) is 23.6 Å². The lowest BCUT2D eigenvalue weighted by Crippen LogP contribution is -2.51. The first kappa shape index (κ1) is 30.6. The number of aliphatic hydroxyl groups excluding tert-OH is 2. The average molecular weight is 620 g/mol. The number of ether oxygens (including phenoxy) is 1. The van der Waals surface area contributed by atoms with E-state index in [0.29, 0.717) is 72.4 Å². The lowest BCUT2D eigenvalue weighted by molar-refractivity contribution is -0.191. The number of benzene rings is 2. The number of halogens is 2. The van der Waals surface area contributed by atoms with Crippen molar-refractivity contribution >= 4 is 17.5 Å². The number of nitrogens with zero attached hydrogens (tertiary/aromatic N) is 3. The van der Waals surface area contributed by atoms with Crippen LogP contribution in [0.2, 0.25) is 5.02 Å². The first-order chi connectivity index (χ1) is 21.1. The maximum absolute atomic E-state index is 16.8. The summed E-state index contributed by atoms with van der Waals surface area (Å²) in [5, 5.41) is 41.9. The number of aliphatic hydroxyl groups is 3. The van der Waals surface area contributed by atoms with Gasteiger partial charge in [0.1, 0.15) is 11.9 Å². The Morgan fingerprint density at radius 3 is 2.41 bits per heavy atom. The summed E-state index contributed by atoms with van der Waals surface area (Å²) in [6.07, 6.45) is 3.18. The molecule has 0 radical (unpaired) electrons. The molecule has 6 rings (SSSR count). The number of rotatable bonds is 8. The highest BCUT2D eigenvalue weighted by molar-refractivity contribution is 6.30. The molecule has 2 aliphatic carbocycles. The summed E-state index contributed by atoms with van der Waals surface area (Å²) in [6, 6.07) is 14.9. The lowest BCUT2D eigenvalue weighted by atomic mass is 9.71. The molecular weight excluding hydrogens is 585 g/mol. The number of hydrogen-bond acceptors (Lipinski definition) is 7. The third kappa shape index (κ3) is 5.19. The molecule has 1 amide bonds. The number of nitriles is 1. The van der Waals surface area contributed by atoms with E-state index in [2.05, 4.69) is 4.98 Å². The van der Waals surface area contributed by atoms with Gasteiger partial charge in [-0.25, -0.2) is 4.39 Å². The number of carbonyl (C=O) groups is 1. The van der Waals surface area contributed by atoms with Gasteiger partial charge in [0.05, 0.1) is 52.8 Å². The van der Waals surface area contributed by atoms with Crippen LogP contribution < -0.4 is 0 Å². The Morgan fingerprint density at radius 1 is 1.11 bits per heavy atom. The SMILES string of the molecule is CCC(O)(c1cc(F)c2c(c1)C(=O)N(Cc1ccc(C#N)cn1)[C@@]2(OC1CC(O)C1)c1ccc(Cl)cc1)C1CCC(O)CC1. The van der Waals surface area contributed by atoms with Crippen molar-refractivity contribution in [3.8, 4) is 6.07 Å². The molecule has 2 atom stereocenters. The van der Waals surface area contributed by atoms with Crippen LogP contribution in [-0.4, -0.2) is 49.4 Å². The zero-order valence-corrected chi connectivity index (χ0v) is 25.2. The van der Waals surface area contributed by atoms with Crippen molar-refractivity contribution < 1.29 is 29.2 Å². The Balaban J connectivity index is 1.53. The molecule has 3 aromatic rings. The van der Waals surface area contributed by atoms with Gasteiger partial charge in [-0.2, -0.15) is 5.26 Å². The van der Waals surface area contributed by atoms with Gasteiger partial charge in [-0.1, -0.05) is 30.7 Å². The van der Waals surface area contributed by atoms with Crippen LogP contribution in [0.4, 0.5) is 4.39 Å². The summed E-state index contributed by atoms with van der Waals surface area (Å²) in [4.78, 5) is 20.3. The van der Waals surface area contributed by atoms with Crippen LogP contribution >= 0.6 is 11.6 Å². The van der Waals surface area contributed by atoms with E-state index in [9.17, 15) is 25.4 Å². The zero-order valence-electron chi connectivity index (χ0n) is 24.4. The van der Waals surface area contributed by atoms with E-state index in [1.165, 1.54) is 17.2 Å². The topological polar surface area (TPSA) is 127 Å². The minimum Gasteiger partial charge on any atom is -0.393 e. The minimum atomic E-state index is -1.72. The highest BCUT2D eigenvalue weighted by atomic mass is 35.5. The van der Waals surface area contributed by atoms with Crippen molar-refractivity contribution in [2.75, 3.05) is 0 Å². The molecule has 10 heteroatoms. The number of carbonyl (C=O) groups excluding carboxylic acids is 1. The van der Waals surface area contributed by atoms with E-state index < -0.39 is 41.4 Å². The second-order valence-electron chi connectivity index (χ2n) is 12.2. The van der Waals surface area contributed by atoms with Crippen molar-refractivity contribution in [3.05, 3.63) is 99.1 Å². The second kappa shape index (κ2) is 11.8. The van der Waals surface area contributed by atoms with Gasteiger partial charge in [-0.05, 0) is 92.8 Å². The molecule has 3 N–H and O–H groups in total. The van der Waals surface area contributed by atoms with Crippen LogP contribution in [0.3, 0.4) is 0 Å². The summed E-state index contributed by atoms with van der Waals surface area (Å²) >= 11 is 6.24. The van der Waals surface area contributed by atoms with E-state index >= 15 is 4.39 Å². The third-order valence-electron chi connectivity index (χ3n) is 9.61. The summed E-state index contributed by atoms with van der Waals surface area (Å²) in [7, 11) is 0. The molecular formula is C34H35ClFN3O5. The smallest absolute Gasteiger partial charge is 0.257 e. The van der Waals surface area contributed by atoms with Gasteiger partial charge in [0, 0.05) is 16.8 Å². The molecule has 1 aliphatic heterocycles. The van der Waals surface area contributed by atoms with Crippen molar-refractivity contribution in [2.24, 2.45) is 5.92 Å². The number of fused-ring (bicyclic) bond motifs is 1. The molecule has 0 saturated heterocycles. The molecule has 44 heavy (non-hydrogen) atoms. The summed E-state index contributed by atoms with van der Waals surface area (Å²) in [6.45, 7) is 1.77. The van der Waals surface area contributed by atoms with Gasteiger partial charge in [0.2, 0.25) is 5.72 Å². The van der Waals surface area contributed by atoms with E-state index in [4.69, 9.17) is 16.3 Å². The standard InChI is InChI=1S/C34H35ClFN3O5/c1-2-33(43,21-6-11-26(40)12-7-21)23-13-29-31(30(36)14-23)34(44-28-15-27(41)16-28,22-4-8-24(35)9-5-22)39(32(29)42)19-25-10-3-20(17-37)18-38-25/h3-5,8-10,13-14,18,21,26-28,40-41,43H,2,6-7,11-12,15-16,19H2,1H3/t21?,26?,27?,28?,33?,34-/m1/s1.